The van der Waals surface area contributed by atoms with Crippen LogP contribution in [-0.4, -0.2) is 23.9 Å². The molecule has 2 rings (SSSR count). The molecule has 0 radical (unpaired) electrons. The van der Waals surface area contributed by atoms with Crippen LogP contribution in [0.5, 0.6) is 0 Å². The summed E-state index contributed by atoms with van der Waals surface area (Å²) in [7, 11) is 0. The molecule has 4 heteroatoms. The fraction of sp³-hybridized carbons (Fsp3) is 0.417. The van der Waals surface area contributed by atoms with Crippen molar-refractivity contribution in [1.82, 2.24) is 4.90 Å². The molecule has 0 aliphatic carbocycles. The van der Waals surface area contributed by atoms with Crippen molar-refractivity contribution in [3.63, 3.8) is 0 Å². The van der Waals surface area contributed by atoms with E-state index in [1.54, 1.807) is 6.92 Å². The Morgan fingerprint density at radius 2 is 1.88 bits per heavy atom. The highest BCUT2D eigenvalue weighted by molar-refractivity contribution is 14.1. The average Bonchev–Trinajstić information content (AvgIpc) is 2.41. The maximum absolute atomic E-state index is 11.3. The molecule has 0 N–H and O–H groups in total. The Hall–Kier alpha value is -0.290. The van der Waals surface area contributed by atoms with Gasteiger partial charge in [0.15, 0.2) is 0 Å². The summed E-state index contributed by atoms with van der Waals surface area (Å²) in [4.78, 5) is 13.2. The molecule has 1 aliphatic heterocycles. The summed E-state index contributed by atoms with van der Waals surface area (Å²) in [6, 6.07) is 4.18. The van der Waals surface area contributed by atoms with Gasteiger partial charge in [-0.2, -0.15) is 0 Å². The van der Waals surface area contributed by atoms with Crippen molar-refractivity contribution >= 4 is 40.1 Å². The van der Waals surface area contributed by atoms with Gasteiger partial charge in [0.25, 0.3) is 0 Å². The topological polar surface area (TPSA) is 20.3 Å². The van der Waals surface area contributed by atoms with E-state index in [-0.39, 0.29) is 5.91 Å². The number of hydrogen-bond acceptors (Lipinski definition) is 1. The molecule has 0 fully saturated rings. The smallest absolute Gasteiger partial charge is 0.219 e. The van der Waals surface area contributed by atoms with E-state index >= 15 is 0 Å². The van der Waals surface area contributed by atoms with E-state index in [9.17, 15) is 4.79 Å². The van der Waals surface area contributed by atoms with Gasteiger partial charge < -0.3 is 4.90 Å². The second-order valence-corrected chi connectivity index (χ2v) is 5.61. The van der Waals surface area contributed by atoms with E-state index in [0.717, 1.165) is 34.5 Å². The minimum absolute atomic E-state index is 0.161. The summed E-state index contributed by atoms with van der Waals surface area (Å²) in [6.45, 7) is 3.26. The lowest BCUT2D eigenvalue weighted by Gasteiger charge is -2.17. The monoisotopic (exact) mass is 349 g/mol. The molecule has 1 heterocycles. The molecular formula is C12H13ClINO. The summed E-state index contributed by atoms with van der Waals surface area (Å²) < 4.78 is 1.09. The predicted octanol–water partition coefficient (Wildman–Crippen LogP) is 2.89. The van der Waals surface area contributed by atoms with Crippen molar-refractivity contribution < 1.29 is 4.79 Å². The number of carbonyl (C=O) groups is 1. The molecule has 0 saturated heterocycles. The van der Waals surface area contributed by atoms with Crippen molar-refractivity contribution in [3.05, 3.63) is 31.9 Å². The highest BCUT2D eigenvalue weighted by atomic mass is 127. The Kier molecular flexibility index (Phi) is 3.74. The molecule has 1 aromatic carbocycles. The lowest BCUT2D eigenvalue weighted by atomic mass is 10.0. The van der Waals surface area contributed by atoms with Gasteiger partial charge in [-0.1, -0.05) is 11.6 Å². The van der Waals surface area contributed by atoms with Gasteiger partial charge in [0.1, 0.15) is 0 Å². The van der Waals surface area contributed by atoms with Crippen molar-refractivity contribution in [2.24, 2.45) is 0 Å². The van der Waals surface area contributed by atoms with E-state index in [0.29, 0.717) is 0 Å². The molecule has 1 aliphatic rings. The Morgan fingerprint density at radius 1 is 1.31 bits per heavy atom. The number of hydrogen-bond donors (Lipinski definition) is 0. The lowest BCUT2D eigenvalue weighted by molar-refractivity contribution is -0.128. The van der Waals surface area contributed by atoms with Crippen molar-refractivity contribution in [2.75, 3.05) is 13.1 Å². The van der Waals surface area contributed by atoms with Crippen molar-refractivity contribution in [1.29, 1.82) is 0 Å². The zero-order valence-electron chi connectivity index (χ0n) is 9.09. The van der Waals surface area contributed by atoms with Crippen LogP contribution < -0.4 is 0 Å². The first-order valence-electron chi connectivity index (χ1n) is 5.30. The molecule has 1 aromatic rings. The Labute approximate surface area is 114 Å². The standard InChI is InChI=1S/C12H13ClINO/c1-8(16)15-4-2-9-6-11(13)12(14)7-10(9)3-5-15/h6-7H,2-5H2,1H3. The number of benzene rings is 1. The van der Waals surface area contributed by atoms with Crippen LogP contribution in [-0.2, 0) is 17.6 Å². The SMILES string of the molecule is CC(=O)N1CCc2cc(Cl)c(I)cc2CC1. The minimum Gasteiger partial charge on any atom is -0.342 e. The predicted molar refractivity (Wildman–Crippen MR) is 73.8 cm³/mol. The van der Waals surface area contributed by atoms with Gasteiger partial charge >= 0.3 is 0 Å². The molecule has 0 aromatic heterocycles. The number of nitrogens with zero attached hydrogens (tertiary/aromatic N) is 1. The summed E-state index contributed by atoms with van der Waals surface area (Å²) in [5.74, 6) is 0.161. The summed E-state index contributed by atoms with van der Waals surface area (Å²) in [6.07, 6.45) is 1.84. The highest BCUT2D eigenvalue weighted by Gasteiger charge is 2.16. The van der Waals surface area contributed by atoms with Crippen LogP contribution in [0, 0.1) is 3.57 Å². The van der Waals surface area contributed by atoms with Gasteiger partial charge in [-0.15, -0.1) is 0 Å². The Morgan fingerprint density at radius 3 is 2.44 bits per heavy atom. The fourth-order valence-corrected chi connectivity index (χ4v) is 2.75. The van der Waals surface area contributed by atoms with Gasteiger partial charge in [-0.25, -0.2) is 0 Å². The first-order valence-corrected chi connectivity index (χ1v) is 6.76. The van der Waals surface area contributed by atoms with Crippen LogP contribution in [0.25, 0.3) is 0 Å². The molecule has 0 unspecified atom stereocenters. The van der Waals surface area contributed by atoms with E-state index in [1.807, 2.05) is 11.0 Å². The second-order valence-electron chi connectivity index (χ2n) is 4.04. The maximum atomic E-state index is 11.3. The van der Waals surface area contributed by atoms with E-state index < -0.39 is 0 Å². The molecule has 0 spiro atoms. The van der Waals surface area contributed by atoms with Gasteiger partial charge in [0.05, 0.1) is 5.02 Å². The van der Waals surface area contributed by atoms with Crippen molar-refractivity contribution in [2.45, 2.75) is 19.8 Å². The number of amides is 1. The van der Waals surface area contributed by atoms with E-state index in [4.69, 9.17) is 11.6 Å². The molecule has 2 nitrogen and oxygen atoms in total. The molecule has 0 atom stereocenters. The third-order valence-corrected chi connectivity index (χ3v) is 4.51. The molecule has 86 valence electrons. The van der Waals surface area contributed by atoms with Crippen LogP contribution in [0.4, 0.5) is 0 Å². The van der Waals surface area contributed by atoms with Gasteiger partial charge in [-0.3, -0.25) is 4.79 Å². The number of rotatable bonds is 0. The zero-order chi connectivity index (χ0) is 11.7. The largest absolute Gasteiger partial charge is 0.342 e. The fourth-order valence-electron chi connectivity index (χ4n) is 2.03. The maximum Gasteiger partial charge on any atom is 0.219 e. The Balaban J connectivity index is 2.27. The quantitative estimate of drug-likeness (QED) is 0.660. The average molecular weight is 350 g/mol. The molecule has 1 amide bonds. The highest BCUT2D eigenvalue weighted by Crippen LogP contribution is 2.25. The summed E-state index contributed by atoms with van der Waals surface area (Å²) >= 11 is 8.36. The summed E-state index contributed by atoms with van der Waals surface area (Å²) in [5, 5.41) is 0.815. The second kappa shape index (κ2) is 4.92. The first-order chi connectivity index (χ1) is 7.58. The van der Waals surface area contributed by atoms with Crippen LogP contribution in [0.3, 0.4) is 0 Å². The number of fused-ring (bicyclic) bond motifs is 1. The van der Waals surface area contributed by atoms with Crippen LogP contribution in [0.15, 0.2) is 12.1 Å². The third kappa shape index (κ3) is 2.51. The summed E-state index contributed by atoms with van der Waals surface area (Å²) in [5.41, 5.74) is 2.62. The number of carbonyl (C=O) groups excluding carboxylic acids is 1. The van der Waals surface area contributed by atoms with Crippen LogP contribution in [0.2, 0.25) is 5.02 Å². The molecule has 16 heavy (non-hydrogen) atoms. The van der Waals surface area contributed by atoms with Crippen LogP contribution >= 0.6 is 34.2 Å². The van der Waals surface area contributed by atoms with Crippen LogP contribution in [0.1, 0.15) is 18.1 Å². The van der Waals surface area contributed by atoms with Gasteiger partial charge in [-0.05, 0) is 58.7 Å². The third-order valence-electron chi connectivity index (χ3n) is 2.99. The molecule has 0 bridgehead atoms. The van der Waals surface area contributed by atoms with Gasteiger partial charge in [0, 0.05) is 23.6 Å². The Bertz CT molecular complexity index is 400. The normalized spacial score (nSPS) is 15.6. The van der Waals surface area contributed by atoms with E-state index in [2.05, 4.69) is 28.7 Å². The minimum atomic E-state index is 0.161. The van der Waals surface area contributed by atoms with Gasteiger partial charge in [0.2, 0.25) is 5.91 Å². The molecule has 0 saturated carbocycles. The molecular weight excluding hydrogens is 336 g/mol. The van der Waals surface area contributed by atoms with Crippen molar-refractivity contribution in [3.8, 4) is 0 Å². The number of halogens is 2. The first kappa shape index (κ1) is 12.2. The zero-order valence-corrected chi connectivity index (χ0v) is 12.0. The lowest BCUT2D eigenvalue weighted by Crippen LogP contribution is -2.30. The van der Waals surface area contributed by atoms with E-state index in [1.165, 1.54) is 11.1 Å².